The largest absolute Gasteiger partial charge is 0.347 e. The molecule has 4 nitrogen and oxygen atoms in total. The predicted molar refractivity (Wildman–Crippen MR) is 76.0 cm³/mol. The molecule has 1 fully saturated rings. The SMILES string of the molecule is CCc1nsc(N2CCC(CN)(SC)CC2)n1. The molecule has 0 aromatic carbocycles. The number of nitrogens with two attached hydrogens (primary N) is 1. The van der Waals surface area contributed by atoms with Gasteiger partial charge in [0.1, 0.15) is 5.82 Å². The van der Waals surface area contributed by atoms with Gasteiger partial charge in [0, 0.05) is 42.3 Å². The highest BCUT2D eigenvalue weighted by Gasteiger charge is 2.33. The second-order valence-corrected chi connectivity index (χ2v) is 6.43. The van der Waals surface area contributed by atoms with Crippen LogP contribution >= 0.6 is 23.3 Å². The van der Waals surface area contributed by atoms with Crippen LogP contribution in [0.1, 0.15) is 25.6 Å². The van der Waals surface area contributed by atoms with Crippen LogP contribution in [0.5, 0.6) is 0 Å². The van der Waals surface area contributed by atoms with E-state index in [-0.39, 0.29) is 4.75 Å². The summed E-state index contributed by atoms with van der Waals surface area (Å²) in [6, 6.07) is 0. The molecule has 0 bridgehead atoms. The molecule has 0 amide bonds. The molecule has 2 rings (SSSR count). The van der Waals surface area contributed by atoms with E-state index in [2.05, 4.69) is 27.4 Å². The summed E-state index contributed by atoms with van der Waals surface area (Å²) < 4.78 is 4.63. The van der Waals surface area contributed by atoms with E-state index < -0.39 is 0 Å². The fraction of sp³-hybridized carbons (Fsp3) is 0.818. The van der Waals surface area contributed by atoms with Gasteiger partial charge in [-0.25, -0.2) is 4.98 Å². The van der Waals surface area contributed by atoms with Gasteiger partial charge in [-0.3, -0.25) is 0 Å². The lowest BCUT2D eigenvalue weighted by atomic mass is 9.96. The first-order valence-electron chi connectivity index (χ1n) is 6.06. The van der Waals surface area contributed by atoms with E-state index in [1.165, 1.54) is 11.5 Å². The Morgan fingerprint density at radius 3 is 2.65 bits per heavy atom. The molecule has 0 atom stereocenters. The third-order valence-electron chi connectivity index (χ3n) is 3.52. The number of aryl methyl sites for hydroxylation is 1. The summed E-state index contributed by atoms with van der Waals surface area (Å²) in [4.78, 5) is 6.90. The average molecular weight is 272 g/mol. The number of hydrogen-bond acceptors (Lipinski definition) is 6. The highest BCUT2D eigenvalue weighted by molar-refractivity contribution is 8.00. The monoisotopic (exact) mass is 272 g/mol. The smallest absolute Gasteiger partial charge is 0.205 e. The van der Waals surface area contributed by atoms with Crippen molar-refractivity contribution in [3.05, 3.63) is 5.82 Å². The zero-order chi connectivity index (χ0) is 12.3. The first-order valence-corrected chi connectivity index (χ1v) is 8.05. The standard InChI is InChI=1S/C11H20N4S2/c1-3-9-13-10(17-14-9)15-6-4-11(8-12,16-2)5-7-15/h3-8,12H2,1-2H3. The normalized spacial score (nSPS) is 19.6. The Morgan fingerprint density at radius 2 is 2.18 bits per heavy atom. The van der Waals surface area contributed by atoms with Crippen molar-refractivity contribution in [1.29, 1.82) is 0 Å². The number of rotatable bonds is 4. The van der Waals surface area contributed by atoms with Gasteiger partial charge in [-0.15, -0.1) is 0 Å². The Bertz CT molecular complexity index is 352. The van der Waals surface area contributed by atoms with Gasteiger partial charge in [0.25, 0.3) is 0 Å². The van der Waals surface area contributed by atoms with Crippen molar-refractivity contribution < 1.29 is 0 Å². The van der Waals surface area contributed by atoms with Crippen molar-refractivity contribution in [3.63, 3.8) is 0 Å². The molecule has 17 heavy (non-hydrogen) atoms. The highest BCUT2D eigenvalue weighted by atomic mass is 32.2. The van der Waals surface area contributed by atoms with Crippen LogP contribution in [0.3, 0.4) is 0 Å². The molecule has 1 aliphatic heterocycles. The van der Waals surface area contributed by atoms with Crippen molar-refractivity contribution in [3.8, 4) is 0 Å². The van der Waals surface area contributed by atoms with E-state index >= 15 is 0 Å². The molecular formula is C11H20N4S2. The van der Waals surface area contributed by atoms with Crippen molar-refractivity contribution in [2.45, 2.75) is 30.9 Å². The zero-order valence-corrected chi connectivity index (χ0v) is 12.1. The maximum absolute atomic E-state index is 5.89. The van der Waals surface area contributed by atoms with Crippen LogP contribution in [0.25, 0.3) is 0 Å². The molecule has 2 heterocycles. The number of thioether (sulfide) groups is 1. The second kappa shape index (κ2) is 5.54. The Kier molecular flexibility index (Phi) is 4.27. The summed E-state index contributed by atoms with van der Waals surface area (Å²) in [5.41, 5.74) is 5.89. The summed E-state index contributed by atoms with van der Waals surface area (Å²) in [5.74, 6) is 0.963. The fourth-order valence-electron chi connectivity index (χ4n) is 2.11. The van der Waals surface area contributed by atoms with Crippen molar-refractivity contribution in [2.24, 2.45) is 5.73 Å². The molecule has 2 N–H and O–H groups in total. The molecule has 0 aliphatic carbocycles. The Labute approximate surface area is 111 Å². The summed E-state index contributed by atoms with van der Waals surface area (Å²) >= 11 is 3.44. The Balaban J connectivity index is 1.99. The van der Waals surface area contributed by atoms with Gasteiger partial charge >= 0.3 is 0 Å². The lowest BCUT2D eigenvalue weighted by Crippen LogP contribution is -2.46. The number of hydrogen-bond donors (Lipinski definition) is 1. The molecule has 6 heteroatoms. The first-order chi connectivity index (χ1) is 8.23. The van der Waals surface area contributed by atoms with Crippen molar-refractivity contribution in [2.75, 3.05) is 30.8 Å². The fourth-order valence-corrected chi connectivity index (χ4v) is 3.67. The molecule has 0 saturated carbocycles. The van der Waals surface area contributed by atoms with Gasteiger partial charge in [-0.2, -0.15) is 16.1 Å². The summed E-state index contributed by atoms with van der Waals surface area (Å²) in [5, 5.41) is 1.08. The van der Waals surface area contributed by atoms with Crippen LogP contribution in [0.4, 0.5) is 5.13 Å². The molecule has 0 radical (unpaired) electrons. The van der Waals surface area contributed by atoms with E-state index in [1.807, 2.05) is 11.8 Å². The van der Waals surface area contributed by atoms with Crippen molar-refractivity contribution >= 4 is 28.4 Å². The highest BCUT2D eigenvalue weighted by Crippen LogP contribution is 2.35. The van der Waals surface area contributed by atoms with Gasteiger partial charge < -0.3 is 10.6 Å². The molecule has 1 aliphatic rings. The summed E-state index contributed by atoms with van der Waals surface area (Å²) in [7, 11) is 0. The van der Waals surface area contributed by atoms with Gasteiger partial charge in [0.05, 0.1) is 0 Å². The minimum atomic E-state index is 0.286. The number of piperidine rings is 1. The summed E-state index contributed by atoms with van der Waals surface area (Å²) in [6.07, 6.45) is 5.38. The van der Waals surface area contributed by atoms with E-state index in [9.17, 15) is 0 Å². The summed E-state index contributed by atoms with van der Waals surface area (Å²) in [6.45, 7) is 4.97. The van der Waals surface area contributed by atoms with Gasteiger partial charge in [0.2, 0.25) is 5.13 Å². The molecule has 0 unspecified atom stereocenters. The molecule has 96 valence electrons. The van der Waals surface area contributed by atoms with Crippen molar-refractivity contribution in [1.82, 2.24) is 9.36 Å². The molecule has 1 saturated heterocycles. The second-order valence-electron chi connectivity index (χ2n) is 4.43. The quantitative estimate of drug-likeness (QED) is 0.905. The molecule has 1 aromatic heterocycles. The first kappa shape index (κ1) is 13.1. The molecule has 1 aromatic rings. The van der Waals surface area contributed by atoms with Gasteiger partial charge in [-0.05, 0) is 19.1 Å². The van der Waals surface area contributed by atoms with Gasteiger partial charge in [-0.1, -0.05) is 6.92 Å². The van der Waals surface area contributed by atoms with Crippen LogP contribution in [0.15, 0.2) is 0 Å². The molecular weight excluding hydrogens is 252 g/mol. The maximum Gasteiger partial charge on any atom is 0.205 e. The Hall–Kier alpha value is -0.330. The zero-order valence-electron chi connectivity index (χ0n) is 10.5. The van der Waals surface area contributed by atoms with Crippen LogP contribution in [0.2, 0.25) is 0 Å². The van der Waals surface area contributed by atoms with Crippen LogP contribution in [0, 0.1) is 0 Å². The van der Waals surface area contributed by atoms with Gasteiger partial charge in [0.15, 0.2) is 0 Å². The maximum atomic E-state index is 5.89. The third kappa shape index (κ3) is 2.74. The number of anilines is 1. The predicted octanol–water partition coefficient (Wildman–Crippen LogP) is 1.76. The van der Waals surface area contributed by atoms with E-state index in [0.29, 0.717) is 0 Å². The minimum absolute atomic E-state index is 0.286. The van der Waals surface area contributed by atoms with Crippen LogP contribution in [-0.2, 0) is 6.42 Å². The third-order valence-corrected chi connectivity index (χ3v) is 5.78. The van der Waals surface area contributed by atoms with E-state index in [1.54, 1.807) is 0 Å². The minimum Gasteiger partial charge on any atom is -0.347 e. The lowest BCUT2D eigenvalue weighted by Gasteiger charge is -2.39. The Morgan fingerprint density at radius 1 is 1.47 bits per heavy atom. The molecule has 0 spiro atoms. The topological polar surface area (TPSA) is 55.0 Å². The number of nitrogens with zero attached hydrogens (tertiary/aromatic N) is 3. The lowest BCUT2D eigenvalue weighted by molar-refractivity contribution is 0.456. The number of aromatic nitrogens is 2. The van der Waals surface area contributed by atoms with E-state index in [4.69, 9.17) is 5.73 Å². The van der Waals surface area contributed by atoms with Crippen LogP contribution < -0.4 is 10.6 Å². The van der Waals surface area contributed by atoms with E-state index in [0.717, 1.165) is 49.9 Å². The average Bonchev–Trinajstić information content (AvgIpc) is 2.87. The van der Waals surface area contributed by atoms with Crippen LogP contribution in [-0.4, -0.2) is 40.0 Å².